The summed E-state index contributed by atoms with van der Waals surface area (Å²) in [4.78, 5) is 34.2. The van der Waals surface area contributed by atoms with Gasteiger partial charge in [-0.3, -0.25) is 0 Å². The van der Waals surface area contributed by atoms with Gasteiger partial charge in [0.25, 0.3) is 0 Å². The van der Waals surface area contributed by atoms with Crippen molar-refractivity contribution in [3.63, 3.8) is 0 Å². The van der Waals surface area contributed by atoms with Crippen LogP contribution in [0.3, 0.4) is 0 Å². The average Bonchev–Trinajstić information content (AvgIpc) is 3.21. The maximum absolute atomic E-state index is 13.1. The number of hydrogen-bond acceptors (Lipinski definition) is 7. The Morgan fingerprint density at radius 3 is 2.52 bits per heavy atom. The predicted molar refractivity (Wildman–Crippen MR) is 121 cm³/mol. The molecule has 0 amide bonds. The molecule has 0 N–H and O–H groups in total. The molecule has 4 aromatic rings. The van der Waals surface area contributed by atoms with Gasteiger partial charge in [-0.25, -0.2) is 19.6 Å². The summed E-state index contributed by atoms with van der Waals surface area (Å²) in [5.41, 5.74) is 2.19. The largest absolute Gasteiger partial charge is 0.461 e. The van der Waals surface area contributed by atoms with Crippen LogP contribution >= 0.6 is 11.3 Å². The second kappa shape index (κ2) is 8.07. The zero-order valence-corrected chi connectivity index (χ0v) is 18.6. The number of ether oxygens (including phenoxy) is 2. The van der Waals surface area contributed by atoms with Gasteiger partial charge in [-0.05, 0) is 52.0 Å². The lowest BCUT2D eigenvalue weighted by Gasteiger charge is -2.20. The molecule has 2 heterocycles. The molecule has 0 aliphatic carbocycles. The molecule has 2 aromatic heterocycles. The van der Waals surface area contributed by atoms with Crippen LogP contribution in [-0.2, 0) is 9.47 Å². The molecule has 0 saturated carbocycles. The van der Waals surface area contributed by atoms with Crippen molar-refractivity contribution in [1.29, 1.82) is 0 Å². The van der Waals surface area contributed by atoms with Crippen LogP contribution in [0.25, 0.3) is 32.4 Å². The third-order valence-corrected chi connectivity index (χ3v) is 5.38. The summed E-state index contributed by atoms with van der Waals surface area (Å²) < 4.78 is 10.7. The number of pyridine rings is 1. The van der Waals surface area contributed by atoms with Crippen molar-refractivity contribution < 1.29 is 19.1 Å². The summed E-state index contributed by atoms with van der Waals surface area (Å²) in [6.45, 7) is 7.52. The van der Waals surface area contributed by atoms with E-state index >= 15 is 0 Å². The highest BCUT2D eigenvalue weighted by Crippen LogP contribution is 2.32. The van der Waals surface area contributed by atoms with Crippen LogP contribution in [0.15, 0.2) is 47.8 Å². The highest BCUT2D eigenvalue weighted by atomic mass is 32.1. The first-order chi connectivity index (χ1) is 14.7. The van der Waals surface area contributed by atoms with E-state index in [0.29, 0.717) is 27.0 Å². The first-order valence-electron chi connectivity index (χ1n) is 9.95. The number of rotatable bonds is 4. The summed E-state index contributed by atoms with van der Waals surface area (Å²) >= 11 is 1.31. The Balaban J connectivity index is 1.89. The van der Waals surface area contributed by atoms with E-state index in [1.54, 1.807) is 18.4 Å². The number of carbonyl (C=O) groups is 2. The van der Waals surface area contributed by atoms with Crippen LogP contribution in [0.5, 0.6) is 0 Å². The number of fused-ring (bicyclic) bond motifs is 2. The molecule has 31 heavy (non-hydrogen) atoms. The van der Waals surface area contributed by atoms with E-state index in [9.17, 15) is 9.59 Å². The predicted octanol–water partition coefficient (Wildman–Crippen LogP) is 5.64. The number of hydrogen-bond donors (Lipinski definition) is 0. The van der Waals surface area contributed by atoms with Gasteiger partial charge in [0, 0.05) is 21.7 Å². The van der Waals surface area contributed by atoms with E-state index in [2.05, 4.69) is 4.98 Å². The lowest BCUT2D eigenvalue weighted by atomic mass is 10.0. The van der Waals surface area contributed by atoms with Gasteiger partial charge in [0.1, 0.15) is 10.6 Å². The smallest absolute Gasteiger partial charge is 0.357 e. The van der Waals surface area contributed by atoms with E-state index in [0.717, 1.165) is 10.9 Å². The number of nitrogens with zero attached hydrogens (tertiary/aromatic N) is 2. The number of para-hydroxylation sites is 1. The molecular formula is C24H22N2O4S. The van der Waals surface area contributed by atoms with Crippen LogP contribution in [0, 0.1) is 0 Å². The SMILES string of the molecule is CCOC(=O)c1csc(-c2cc(C(=O)OC(C)(C)C)c3cc4ccccc4nc3c2)n1. The zero-order valence-electron chi connectivity index (χ0n) is 17.8. The topological polar surface area (TPSA) is 78.4 Å². The number of esters is 2. The molecule has 0 aliphatic heterocycles. The highest BCUT2D eigenvalue weighted by molar-refractivity contribution is 7.13. The van der Waals surface area contributed by atoms with Crippen molar-refractivity contribution in [3.8, 4) is 10.6 Å². The minimum atomic E-state index is -0.637. The molecule has 0 bridgehead atoms. The molecule has 0 spiro atoms. The second-order valence-electron chi connectivity index (χ2n) is 8.03. The quantitative estimate of drug-likeness (QED) is 0.305. The van der Waals surface area contributed by atoms with Gasteiger partial charge >= 0.3 is 11.9 Å². The monoisotopic (exact) mass is 434 g/mol. The van der Waals surface area contributed by atoms with Crippen molar-refractivity contribution in [2.45, 2.75) is 33.3 Å². The van der Waals surface area contributed by atoms with Gasteiger partial charge in [-0.2, -0.15) is 0 Å². The fourth-order valence-electron chi connectivity index (χ4n) is 3.21. The molecule has 158 valence electrons. The van der Waals surface area contributed by atoms with E-state index in [4.69, 9.17) is 14.5 Å². The fourth-order valence-corrected chi connectivity index (χ4v) is 3.99. The molecule has 0 fully saturated rings. The Bertz CT molecular complexity index is 1300. The molecule has 0 aliphatic rings. The maximum atomic E-state index is 13.1. The number of benzene rings is 2. The first kappa shape index (κ1) is 20.9. The standard InChI is InChI=1S/C24H22N2O4S/c1-5-29-23(28)20-13-31-21(26-20)15-11-17(22(27)30-24(2,3)4)16-10-14-8-6-7-9-18(14)25-19(16)12-15/h6-13H,5H2,1-4H3. The Kier molecular flexibility index (Phi) is 5.45. The van der Waals surface area contributed by atoms with Crippen LogP contribution < -0.4 is 0 Å². The molecule has 0 radical (unpaired) electrons. The van der Waals surface area contributed by atoms with Crippen molar-refractivity contribution in [1.82, 2.24) is 9.97 Å². The molecule has 6 nitrogen and oxygen atoms in total. The summed E-state index contributed by atoms with van der Waals surface area (Å²) in [5, 5.41) is 3.90. The average molecular weight is 435 g/mol. The third-order valence-electron chi connectivity index (χ3n) is 4.49. The fraction of sp³-hybridized carbons (Fsp3) is 0.250. The van der Waals surface area contributed by atoms with Gasteiger partial charge < -0.3 is 9.47 Å². The Hall–Kier alpha value is -3.32. The summed E-state index contributed by atoms with van der Waals surface area (Å²) in [5.74, 6) is -0.902. The van der Waals surface area contributed by atoms with Gasteiger partial charge in [-0.1, -0.05) is 18.2 Å². The molecule has 7 heteroatoms. The van der Waals surface area contributed by atoms with Crippen LogP contribution in [0.1, 0.15) is 48.5 Å². The highest BCUT2D eigenvalue weighted by Gasteiger charge is 2.22. The number of thiazole rings is 1. The Morgan fingerprint density at radius 1 is 1.00 bits per heavy atom. The molecule has 0 unspecified atom stereocenters. The van der Waals surface area contributed by atoms with E-state index in [1.165, 1.54) is 11.3 Å². The lowest BCUT2D eigenvalue weighted by Crippen LogP contribution is -2.24. The Labute approximate surface area is 183 Å². The van der Waals surface area contributed by atoms with Crippen molar-refractivity contribution in [2.75, 3.05) is 6.61 Å². The van der Waals surface area contributed by atoms with Crippen LogP contribution in [0.2, 0.25) is 0 Å². The number of aromatic nitrogens is 2. The second-order valence-corrected chi connectivity index (χ2v) is 8.89. The minimum Gasteiger partial charge on any atom is -0.461 e. The normalized spacial score (nSPS) is 11.6. The maximum Gasteiger partial charge on any atom is 0.357 e. The summed E-state index contributed by atoms with van der Waals surface area (Å²) in [6.07, 6.45) is 0. The number of carbonyl (C=O) groups excluding carboxylic acids is 2. The van der Waals surface area contributed by atoms with E-state index < -0.39 is 17.5 Å². The van der Waals surface area contributed by atoms with Gasteiger partial charge in [0.15, 0.2) is 5.69 Å². The van der Waals surface area contributed by atoms with Crippen molar-refractivity contribution >= 4 is 45.1 Å². The van der Waals surface area contributed by atoms with Crippen molar-refractivity contribution in [2.24, 2.45) is 0 Å². The van der Waals surface area contributed by atoms with Gasteiger partial charge in [-0.15, -0.1) is 11.3 Å². The minimum absolute atomic E-state index is 0.243. The summed E-state index contributed by atoms with van der Waals surface area (Å²) in [7, 11) is 0. The van der Waals surface area contributed by atoms with Gasteiger partial charge in [0.05, 0.1) is 23.2 Å². The van der Waals surface area contributed by atoms with E-state index in [-0.39, 0.29) is 12.3 Å². The van der Waals surface area contributed by atoms with Crippen LogP contribution in [-0.4, -0.2) is 34.1 Å². The van der Waals surface area contributed by atoms with Crippen LogP contribution in [0.4, 0.5) is 0 Å². The lowest BCUT2D eigenvalue weighted by molar-refractivity contribution is 0.00716. The molecule has 0 saturated heterocycles. The molecular weight excluding hydrogens is 412 g/mol. The third kappa shape index (κ3) is 4.41. The van der Waals surface area contributed by atoms with Gasteiger partial charge in [0.2, 0.25) is 0 Å². The van der Waals surface area contributed by atoms with Crippen molar-refractivity contribution in [3.05, 3.63) is 59.1 Å². The molecule has 4 rings (SSSR count). The first-order valence-corrected chi connectivity index (χ1v) is 10.8. The molecule has 2 aromatic carbocycles. The molecule has 0 atom stereocenters. The van der Waals surface area contributed by atoms with E-state index in [1.807, 2.05) is 57.2 Å². The Morgan fingerprint density at radius 2 is 1.77 bits per heavy atom. The summed E-state index contributed by atoms with van der Waals surface area (Å²) in [6, 6.07) is 13.3. The zero-order chi connectivity index (χ0) is 22.2.